The number of hydrogen-bond acceptors (Lipinski definition) is 5. The number of hydrogen-bond donors (Lipinski definition) is 3. The molecule has 0 bridgehead atoms. The molecule has 0 saturated heterocycles. The second kappa shape index (κ2) is 7.15. The van der Waals surface area contributed by atoms with E-state index in [1.54, 1.807) is 24.0 Å². The summed E-state index contributed by atoms with van der Waals surface area (Å²) in [5.41, 5.74) is 5.22. The molecule has 0 amide bonds. The van der Waals surface area contributed by atoms with Crippen LogP contribution in [0.3, 0.4) is 0 Å². The number of nitrogens with one attached hydrogen (secondary N) is 2. The molecule has 7 heteroatoms. The van der Waals surface area contributed by atoms with E-state index in [0.717, 1.165) is 5.69 Å². The van der Waals surface area contributed by atoms with Crippen LogP contribution < -0.4 is 16.6 Å². The number of thiazole rings is 1. The number of nitrogens with zero attached hydrogens (tertiary/aromatic N) is 2. The predicted octanol–water partition coefficient (Wildman–Crippen LogP) is 0.0869. The summed E-state index contributed by atoms with van der Waals surface area (Å²) >= 11 is 1.55. The fourth-order valence-electron chi connectivity index (χ4n) is 1.13. The lowest BCUT2D eigenvalue weighted by Gasteiger charge is -2.15. The summed E-state index contributed by atoms with van der Waals surface area (Å²) in [6.45, 7) is 3.09. The minimum absolute atomic E-state index is 0.148. The Morgan fingerprint density at radius 3 is 3.12 bits per heavy atom. The molecule has 0 radical (unpaired) electrons. The van der Waals surface area contributed by atoms with Crippen molar-refractivity contribution in [3.63, 3.8) is 0 Å². The summed E-state index contributed by atoms with van der Waals surface area (Å²) in [6.07, 6.45) is 0. The molecule has 1 heterocycles. The summed E-state index contributed by atoms with van der Waals surface area (Å²) < 4.78 is 5.00. The molecule has 0 aliphatic heterocycles. The van der Waals surface area contributed by atoms with Gasteiger partial charge in [-0.1, -0.05) is 0 Å². The fourth-order valence-corrected chi connectivity index (χ4v) is 1.68. The van der Waals surface area contributed by atoms with Crippen LogP contribution in [-0.4, -0.2) is 30.7 Å². The Kier molecular flexibility index (Phi) is 5.76. The van der Waals surface area contributed by atoms with Crippen LogP contribution in [-0.2, 0) is 11.3 Å². The van der Waals surface area contributed by atoms with Crippen molar-refractivity contribution < 1.29 is 4.74 Å². The predicted molar refractivity (Wildman–Crippen MR) is 65.0 cm³/mol. The average Bonchev–Trinajstić information content (AvgIpc) is 2.77. The van der Waals surface area contributed by atoms with Crippen LogP contribution in [0.2, 0.25) is 0 Å². The molecule has 4 N–H and O–H groups in total. The van der Waals surface area contributed by atoms with Gasteiger partial charge in [0.1, 0.15) is 0 Å². The highest BCUT2D eigenvalue weighted by Gasteiger charge is 2.03. The van der Waals surface area contributed by atoms with Crippen LogP contribution in [0, 0.1) is 0 Å². The highest BCUT2D eigenvalue weighted by atomic mass is 32.1. The van der Waals surface area contributed by atoms with Crippen LogP contribution in [0.1, 0.15) is 12.6 Å². The number of rotatable bonds is 5. The minimum Gasteiger partial charge on any atom is -0.383 e. The Labute approximate surface area is 98.9 Å². The van der Waals surface area contributed by atoms with Gasteiger partial charge in [-0.15, -0.1) is 11.3 Å². The van der Waals surface area contributed by atoms with E-state index in [0.29, 0.717) is 19.1 Å². The van der Waals surface area contributed by atoms with Gasteiger partial charge in [0.2, 0.25) is 5.96 Å². The van der Waals surface area contributed by atoms with E-state index in [9.17, 15) is 0 Å². The Balaban J connectivity index is 2.43. The zero-order valence-electron chi connectivity index (χ0n) is 9.43. The van der Waals surface area contributed by atoms with Crippen LogP contribution in [0.15, 0.2) is 15.9 Å². The Morgan fingerprint density at radius 1 is 1.75 bits per heavy atom. The molecule has 0 aliphatic carbocycles. The number of nitrogens with two attached hydrogens (primary N) is 1. The molecular weight excluding hydrogens is 226 g/mol. The van der Waals surface area contributed by atoms with Gasteiger partial charge < -0.3 is 10.1 Å². The zero-order valence-corrected chi connectivity index (χ0v) is 10.3. The standard InChI is InChI=1S/C9H17N5OS/c1-7(4-15-2)13-9(14-10)11-3-8-5-16-6-12-8/h5-7H,3-4,10H2,1-2H3,(H2,11,13,14). The van der Waals surface area contributed by atoms with Crippen molar-refractivity contribution in [2.45, 2.75) is 19.5 Å². The molecule has 16 heavy (non-hydrogen) atoms. The van der Waals surface area contributed by atoms with Gasteiger partial charge in [0.25, 0.3) is 0 Å². The summed E-state index contributed by atoms with van der Waals surface area (Å²) in [5.74, 6) is 5.89. The second-order valence-corrected chi connectivity index (χ2v) is 4.01. The highest BCUT2D eigenvalue weighted by molar-refractivity contribution is 7.07. The first kappa shape index (κ1) is 12.9. The molecule has 0 fully saturated rings. The molecule has 0 aliphatic rings. The number of ether oxygens (including phenoxy) is 1. The maximum atomic E-state index is 5.35. The minimum atomic E-state index is 0.148. The second-order valence-electron chi connectivity index (χ2n) is 3.29. The van der Waals surface area contributed by atoms with E-state index in [-0.39, 0.29) is 6.04 Å². The Hall–Kier alpha value is -1.18. The first-order chi connectivity index (χ1) is 7.76. The Morgan fingerprint density at radius 2 is 2.56 bits per heavy atom. The van der Waals surface area contributed by atoms with Crippen molar-refractivity contribution in [2.24, 2.45) is 10.8 Å². The molecule has 0 spiro atoms. The van der Waals surface area contributed by atoms with Gasteiger partial charge >= 0.3 is 0 Å². The van der Waals surface area contributed by atoms with Crippen molar-refractivity contribution in [1.29, 1.82) is 0 Å². The topological polar surface area (TPSA) is 84.6 Å². The van der Waals surface area contributed by atoms with Gasteiger partial charge in [0, 0.05) is 18.5 Å². The van der Waals surface area contributed by atoms with Crippen LogP contribution in [0.25, 0.3) is 0 Å². The third kappa shape index (κ3) is 4.56. The van der Waals surface area contributed by atoms with Gasteiger partial charge in [-0.25, -0.2) is 15.8 Å². The first-order valence-electron chi connectivity index (χ1n) is 4.90. The van der Waals surface area contributed by atoms with E-state index >= 15 is 0 Å². The molecule has 1 atom stereocenters. The third-order valence-corrected chi connectivity index (χ3v) is 2.45. The molecule has 1 aromatic rings. The maximum absolute atomic E-state index is 5.35. The van der Waals surface area contributed by atoms with E-state index in [2.05, 4.69) is 20.7 Å². The number of aromatic nitrogens is 1. The number of methoxy groups -OCH3 is 1. The number of hydrazine groups is 1. The van der Waals surface area contributed by atoms with Gasteiger partial charge in [0.05, 0.1) is 24.4 Å². The maximum Gasteiger partial charge on any atom is 0.206 e. The van der Waals surface area contributed by atoms with Crippen molar-refractivity contribution in [1.82, 2.24) is 15.7 Å². The SMILES string of the molecule is COCC(C)NC(=NCc1cscn1)NN. The summed E-state index contributed by atoms with van der Waals surface area (Å²) in [6, 6.07) is 0.148. The smallest absolute Gasteiger partial charge is 0.206 e. The number of guanidine groups is 1. The van der Waals surface area contributed by atoms with Crippen molar-refractivity contribution >= 4 is 17.3 Å². The van der Waals surface area contributed by atoms with E-state index in [1.807, 2.05) is 12.3 Å². The summed E-state index contributed by atoms with van der Waals surface area (Å²) in [5, 5.41) is 5.05. The highest BCUT2D eigenvalue weighted by Crippen LogP contribution is 2.01. The normalized spacial score (nSPS) is 13.6. The third-order valence-electron chi connectivity index (χ3n) is 1.82. The van der Waals surface area contributed by atoms with Crippen LogP contribution >= 0.6 is 11.3 Å². The van der Waals surface area contributed by atoms with Gasteiger partial charge in [0.15, 0.2) is 0 Å². The molecule has 1 unspecified atom stereocenters. The first-order valence-corrected chi connectivity index (χ1v) is 5.84. The quantitative estimate of drug-likeness (QED) is 0.295. The molecule has 1 rings (SSSR count). The molecule has 6 nitrogen and oxygen atoms in total. The lowest BCUT2D eigenvalue weighted by molar-refractivity contribution is 0.179. The van der Waals surface area contributed by atoms with E-state index < -0.39 is 0 Å². The summed E-state index contributed by atoms with van der Waals surface area (Å²) in [7, 11) is 1.65. The summed E-state index contributed by atoms with van der Waals surface area (Å²) in [4.78, 5) is 8.39. The number of aliphatic imine (C=N–C) groups is 1. The van der Waals surface area contributed by atoms with Crippen molar-refractivity contribution in [2.75, 3.05) is 13.7 Å². The van der Waals surface area contributed by atoms with Crippen LogP contribution in [0.4, 0.5) is 0 Å². The molecule has 0 saturated carbocycles. The molecule has 90 valence electrons. The van der Waals surface area contributed by atoms with Crippen molar-refractivity contribution in [3.8, 4) is 0 Å². The van der Waals surface area contributed by atoms with E-state index in [4.69, 9.17) is 10.6 Å². The van der Waals surface area contributed by atoms with E-state index in [1.165, 1.54) is 0 Å². The molecule has 0 aromatic carbocycles. The van der Waals surface area contributed by atoms with Gasteiger partial charge in [-0.3, -0.25) is 5.43 Å². The van der Waals surface area contributed by atoms with Crippen molar-refractivity contribution in [3.05, 3.63) is 16.6 Å². The monoisotopic (exact) mass is 243 g/mol. The fraction of sp³-hybridized carbons (Fsp3) is 0.556. The lowest BCUT2D eigenvalue weighted by Crippen LogP contribution is -2.46. The largest absolute Gasteiger partial charge is 0.383 e. The average molecular weight is 243 g/mol. The molecule has 1 aromatic heterocycles. The van der Waals surface area contributed by atoms with Gasteiger partial charge in [-0.2, -0.15) is 0 Å². The molecular formula is C9H17N5OS. The Bertz CT molecular complexity index is 314. The zero-order chi connectivity index (χ0) is 11.8. The van der Waals surface area contributed by atoms with Gasteiger partial charge in [-0.05, 0) is 6.92 Å². The lowest BCUT2D eigenvalue weighted by atomic mass is 10.4. The van der Waals surface area contributed by atoms with Crippen LogP contribution in [0.5, 0.6) is 0 Å².